The lowest BCUT2D eigenvalue weighted by molar-refractivity contribution is -0.148. The molecule has 0 aromatic rings. The van der Waals surface area contributed by atoms with Gasteiger partial charge in [0.1, 0.15) is 18.7 Å². The normalized spacial score (nSPS) is 17.2. The van der Waals surface area contributed by atoms with Crippen molar-refractivity contribution in [1.82, 2.24) is 20.4 Å². The fraction of sp³-hybridized carbons (Fsp3) is 0.688. The number of nitrogens with one attached hydrogen (secondary N) is 2. The Morgan fingerprint density at radius 3 is 1.14 bits per heavy atom. The lowest BCUT2D eigenvalue weighted by atomic mass is 10.1. The zero-order chi connectivity index (χ0) is 57.1. The molecule has 0 aromatic carbocycles. The van der Waals surface area contributed by atoms with E-state index in [1.54, 1.807) is 0 Å². The summed E-state index contributed by atoms with van der Waals surface area (Å²) < 4.78 is 5.52. The molecule has 1 aliphatic heterocycles. The van der Waals surface area contributed by atoms with E-state index in [4.69, 9.17) is 4.74 Å². The smallest absolute Gasteiger partial charge is 0.308 e. The molecule has 2 amide bonds. The van der Waals surface area contributed by atoms with Gasteiger partial charge in [-0.3, -0.25) is 29.0 Å². The van der Waals surface area contributed by atoms with Gasteiger partial charge in [0.25, 0.3) is 0 Å². The molecule has 6 atom stereocenters. The number of aliphatic hydroxyl groups is 4. The monoisotopic (exact) mass is 1110 g/mol. The van der Waals surface area contributed by atoms with Gasteiger partial charge in [0.2, 0.25) is 11.8 Å². The largest absolute Gasteiger partial charge is 0.464 e. The number of ether oxygens (including phenoxy) is 1. The Hall–Kier alpha value is -3.89. The Kier molecular flexibility index (Phi) is 47.4. The van der Waals surface area contributed by atoms with Crippen LogP contribution >= 0.6 is 11.8 Å². The number of piperazine rings is 1. The third kappa shape index (κ3) is 43.0. The number of rotatable bonds is 50. The molecular weight excluding hydrogens is 1000 g/mol. The Morgan fingerprint density at radius 1 is 0.474 bits per heavy atom. The maximum atomic E-state index is 13.2. The number of carbonyl (C=O) groups excluding carboxylic acids is 4. The average Bonchev–Trinajstić information content (AvgIpc) is 3.40. The zero-order valence-electron chi connectivity index (χ0n) is 48.9. The Balaban J connectivity index is 2.76. The molecule has 0 aromatic heterocycles. The van der Waals surface area contributed by atoms with Crippen LogP contribution in [-0.4, -0.2) is 141 Å². The van der Waals surface area contributed by atoms with Crippen LogP contribution in [-0.2, 0) is 23.9 Å². The highest BCUT2D eigenvalue weighted by molar-refractivity contribution is 8.13. The molecule has 0 radical (unpaired) electrons. The minimum Gasteiger partial charge on any atom is -0.464 e. The zero-order valence-corrected chi connectivity index (χ0v) is 49.7. The predicted molar refractivity (Wildman–Crippen MR) is 325 cm³/mol. The first-order valence-electron chi connectivity index (χ1n) is 30.2. The van der Waals surface area contributed by atoms with Crippen LogP contribution in [0.5, 0.6) is 0 Å². The second-order valence-electron chi connectivity index (χ2n) is 20.7. The first-order chi connectivity index (χ1) is 37.9. The van der Waals surface area contributed by atoms with Crippen LogP contribution in [0.25, 0.3) is 0 Å². The third-order valence-corrected chi connectivity index (χ3v) is 14.1. The molecule has 6 N–H and O–H groups in total. The molecule has 14 heteroatoms. The Bertz CT molecular complexity index is 1570. The van der Waals surface area contributed by atoms with Gasteiger partial charge in [-0.25, -0.2) is 0 Å². The van der Waals surface area contributed by atoms with Crippen molar-refractivity contribution < 1.29 is 44.3 Å². The van der Waals surface area contributed by atoms with Gasteiger partial charge in [0, 0.05) is 51.4 Å². The van der Waals surface area contributed by atoms with E-state index in [0.717, 1.165) is 63.1 Å². The highest BCUT2D eigenvalue weighted by Crippen LogP contribution is 2.15. The molecule has 78 heavy (non-hydrogen) atoms. The van der Waals surface area contributed by atoms with Gasteiger partial charge in [-0.1, -0.05) is 188 Å². The molecule has 444 valence electrons. The molecule has 1 saturated heterocycles. The van der Waals surface area contributed by atoms with Gasteiger partial charge in [-0.05, 0) is 103 Å². The summed E-state index contributed by atoms with van der Waals surface area (Å²) in [5, 5.41) is 48.7. The number of hydrogen-bond acceptors (Lipinski definition) is 12. The van der Waals surface area contributed by atoms with Gasteiger partial charge in [0.05, 0.1) is 30.8 Å². The van der Waals surface area contributed by atoms with Crippen molar-refractivity contribution in [2.45, 2.75) is 231 Å². The van der Waals surface area contributed by atoms with Crippen LogP contribution < -0.4 is 10.6 Å². The molecule has 1 fully saturated rings. The summed E-state index contributed by atoms with van der Waals surface area (Å²) in [5.74, 6) is -1.51. The lowest BCUT2D eigenvalue weighted by Crippen LogP contribution is -2.62. The van der Waals surface area contributed by atoms with E-state index in [0.29, 0.717) is 51.1 Å². The molecule has 6 unspecified atom stereocenters. The van der Waals surface area contributed by atoms with E-state index in [9.17, 15) is 39.6 Å². The summed E-state index contributed by atoms with van der Waals surface area (Å²) in [5.41, 5.74) is 0. The van der Waals surface area contributed by atoms with Crippen molar-refractivity contribution in [2.75, 3.05) is 51.6 Å². The van der Waals surface area contributed by atoms with Crippen LogP contribution in [0, 0.1) is 0 Å². The number of unbranched alkanes of at least 4 members (excludes halogenated alkanes) is 12. The quantitative estimate of drug-likeness (QED) is 0.0192. The van der Waals surface area contributed by atoms with Crippen LogP contribution in [0.1, 0.15) is 195 Å². The molecule has 1 aliphatic rings. The minimum atomic E-state index is -1.17. The maximum Gasteiger partial charge on any atom is 0.308 e. The summed E-state index contributed by atoms with van der Waals surface area (Å²) in [4.78, 5) is 56.3. The standard InChI is InChI=1S/C64H108N4O9S/c1-5-9-13-17-21-25-29-33-37-41-55(69)51-67(52-56(70)42-38-34-30-26-22-18-14-10-6-2)45-47-77-61(73)49-59-63(75)66-60(64(76)65-59)50-62(74)78-48-46-68(53-57(71)43-39-35-31-27-23-19-15-11-7-3)54-58(72)44-40-36-32-28-24-20-16-12-8-4/h21-28,33-40,55-60,69-72H,5-20,29-32,41-54H2,1-4H3,(H,65,76)(H,66,75)/b25-21-,26-22-,27-23-,28-24-,37-33-,38-34-,39-35-,40-36-. The number of nitrogens with zero attached hydrogens (tertiary/aromatic N) is 2. The predicted octanol–water partition coefficient (Wildman–Crippen LogP) is 11.5. The molecule has 0 bridgehead atoms. The summed E-state index contributed by atoms with van der Waals surface area (Å²) in [6.45, 7) is 10.5. The molecule has 0 aliphatic carbocycles. The second-order valence-corrected chi connectivity index (χ2v) is 21.9. The van der Waals surface area contributed by atoms with Gasteiger partial charge < -0.3 is 35.8 Å². The Labute approximate surface area is 477 Å². The van der Waals surface area contributed by atoms with Crippen molar-refractivity contribution in [1.29, 1.82) is 0 Å². The van der Waals surface area contributed by atoms with Crippen LogP contribution in [0.4, 0.5) is 0 Å². The van der Waals surface area contributed by atoms with E-state index in [-0.39, 0.29) is 37.8 Å². The van der Waals surface area contributed by atoms with Crippen molar-refractivity contribution in [3.63, 3.8) is 0 Å². The fourth-order valence-corrected chi connectivity index (χ4v) is 9.48. The molecule has 1 rings (SSSR count). The molecule has 1 heterocycles. The SMILES string of the molecule is CCCCC/C=C\C/C=C\CC(O)CN(CCOC(=O)CC1NC(=O)C(CC(=O)SCCN(CC(O)C/C=C\C/C=C\CCCCC)CC(O)C/C=C\C/C=C\CCCCC)NC1=O)CC(O)C/C=C\C/C=C\CCCCC. The number of carbonyl (C=O) groups is 4. The number of esters is 1. The topological polar surface area (TPSA) is 189 Å². The van der Waals surface area contributed by atoms with Gasteiger partial charge in [-0.15, -0.1) is 0 Å². The third-order valence-electron chi connectivity index (χ3n) is 13.2. The van der Waals surface area contributed by atoms with Crippen molar-refractivity contribution in [3.05, 3.63) is 97.2 Å². The fourth-order valence-electron chi connectivity index (χ4n) is 8.61. The van der Waals surface area contributed by atoms with Gasteiger partial charge in [-0.2, -0.15) is 0 Å². The highest BCUT2D eigenvalue weighted by Gasteiger charge is 2.36. The second kappa shape index (κ2) is 51.3. The number of hydrogen-bond donors (Lipinski definition) is 6. The van der Waals surface area contributed by atoms with Gasteiger partial charge in [0.15, 0.2) is 5.12 Å². The molecule has 0 spiro atoms. The average molecular weight is 1110 g/mol. The molecule has 0 saturated carbocycles. The van der Waals surface area contributed by atoms with Crippen LogP contribution in [0.3, 0.4) is 0 Å². The first-order valence-corrected chi connectivity index (χ1v) is 31.2. The number of aliphatic hydroxyl groups excluding tert-OH is 4. The molecule has 13 nitrogen and oxygen atoms in total. The van der Waals surface area contributed by atoms with Crippen molar-refractivity contribution in [3.8, 4) is 0 Å². The highest BCUT2D eigenvalue weighted by atomic mass is 32.2. The summed E-state index contributed by atoms with van der Waals surface area (Å²) in [6.07, 6.45) is 53.7. The van der Waals surface area contributed by atoms with E-state index < -0.39 is 60.7 Å². The van der Waals surface area contributed by atoms with E-state index >= 15 is 0 Å². The van der Waals surface area contributed by atoms with E-state index in [2.05, 4.69) is 99.1 Å². The Morgan fingerprint density at radius 2 is 0.795 bits per heavy atom. The van der Waals surface area contributed by atoms with Gasteiger partial charge >= 0.3 is 5.97 Å². The number of amides is 2. The summed E-state index contributed by atoms with van der Waals surface area (Å²) in [7, 11) is 0. The van der Waals surface area contributed by atoms with Crippen LogP contribution in [0.15, 0.2) is 97.2 Å². The van der Waals surface area contributed by atoms with Crippen molar-refractivity contribution >= 4 is 34.7 Å². The van der Waals surface area contributed by atoms with Crippen LogP contribution in [0.2, 0.25) is 0 Å². The minimum absolute atomic E-state index is 0.0517. The number of thioether (sulfide) groups is 1. The number of allylic oxidation sites excluding steroid dienone is 12. The lowest BCUT2D eigenvalue weighted by Gasteiger charge is -2.29. The van der Waals surface area contributed by atoms with E-state index in [1.807, 2.05) is 46.3 Å². The summed E-state index contributed by atoms with van der Waals surface area (Å²) >= 11 is 1.03. The molecular formula is C64H108N4O9S. The van der Waals surface area contributed by atoms with E-state index in [1.165, 1.54) is 77.0 Å². The maximum absolute atomic E-state index is 13.2. The summed E-state index contributed by atoms with van der Waals surface area (Å²) in [6, 6.07) is -2.27. The van der Waals surface area contributed by atoms with Crippen molar-refractivity contribution in [2.24, 2.45) is 0 Å². The first kappa shape index (κ1) is 72.1.